The molecule has 2 rings (SSSR count). The first kappa shape index (κ1) is 16.9. The van der Waals surface area contributed by atoms with Crippen molar-refractivity contribution in [3.8, 4) is 0 Å². The van der Waals surface area contributed by atoms with E-state index in [2.05, 4.69) is 4.74 Å². The molecule has 9 heteroatoms. The van der Waals surface area contributed by atoms with Crippen molar-refractivity contribution in [3.05, 3.63) is 16.3 Å². The Morgan fingerprint density at radius 2 is 2.09 bits per heavy atom. The Morgan fingerprint density at radius 3 is 2.68 bits per heavy atom. The second-order valence-electron chi connectivity index (χ2n) is 5.34. The Labute approximate surface area is 132 Å². The highest BCUT2D eigenvalue weighted by atomic mass is 32.2. The molecule has 0 radical (unpaired) electrons. The molecule has 0 amide bonds. The van der Waals surface area contributed by atoms with Gasteiger partial charge in [-0.2, -0.15) is 4.31 Å². The van der Waals surface area contributed by atoms with E-state index in [9.17, 15) is 18.0 Å². The van der Waals surface area contributed by atoms with Gasteiger partial charge in [-0.05, 0) is 18.4 Å². The minimum absolute atomic E-state index is 0.00358. The van der Waals surface area contributed by atoms with Gasteiger partial charge in [0.2, 0.25) is 10.0 Å². The fraction of sp³-hybridized carbons (Fsp3) is 0.538. The van der Waals surface area contributed by atoms with Crippen LogP contribution >= 0.6 is 11.3 Å². The van der Waals surface area contributed by atoms with E-state index in [0.29, 0.717) is 6.42 Å². The highest BCUT2D eigenvalue weighted by Gasteiger charge is 2.36. The largest absolute Gasteiger partial charge is 0.481 e. The van der Waals surface area contributed by atoms with Crippen LogP contribution in [0.15, 0.2) is 16.3 Å². The number of carboxylic acids is 1. The number of piperidine rings is 1. The lowest BCUT2D eigenvalue weighted by Gasteiger charge is -2.33. The number of hydrogen-bond acceptors (Lipinski definition) is 6. The number of thiophene rings is 1. The fourth-order valence-electron chi connectivity index (χ4n) is 2.49. The van der Waals surface area contributed by atoms with Gasteiger partial charge in [-0.3, -0.25) is 4.79 Å². The number of carboxylic acid groups (broad SMARTS) is 1. The topological polar surface area (TPSA) is 101 Å². The highest BCUT2D eigenvalue weighted by Crippen LogP contribution is 2.29. The molecule has 1 saturated heterocycles. The predicted octanol–water partition coefficient (Wildman–Crippen LogP) is 1.27. The van der Waals surface area contributed by atoms with Gasteiger partial charge >= 0.3 is 11.9 Å². The van der Waals surface area contributed by atoms with Gasteiger partial charge in [0.25, 0.3) is 0 Å². The quantitative estimate of drug-likeness (QED) is 0.823. The molecule has 2 atom stereocenters. The first-order valence-electron chi connectivity index (χ1n) is 6.65. The van der Waals surface area contributed by atoms with E-state index in [1.165, 1.54) is 22.9 Å². The number of carbonyl (C=O) groups excluding carboxylic acids is 1. The number of aliphatic carboxylic acids is 1. The van der Waals surface area contributed by atoms with Crippen molar-refractivity contribution < 1.29 is 27.9 Å². The van der Waals surface area contributed by atoms with Crippen LogP contribution in [0.2, 0.25) is 0 Å². The van der Waals surface area contributed by atoms with Crippen LogP contribution < -0.4 is 0 Å². The molecule has 1 aliphatic rings. The van der Waals surface area contributed by atoms with Crippen molar-refractivity contribution in [2.75, 3.05) is 20.2 Å². The molecule has 0 spiro atoms. The van der Waals surface area contributed by atoms with E-state index in [0.717, 1.165) is 11.3 Å². The molecule has 0 bridgehead atoms. The van der Waals surface area contributed by atoms with Gasteiger partial charge in [0.15, 0.2) is 0 Å². The summed E-state index contributed by atoms with van der Waals surface area (Å²) in [7, 11) is -2.59. The number of methoxy groups -OCH3 is 1. The zero-order valence-corrected chi connectivity index (χ0v) is 13.8. The molecule has 0 aliphatic carbocycles. The maximum atomic E-state index is 12.6. The van der Waals surface area contributed by atoms with Crippen molar-refractivity contribution in [2.24, 2.45) is 11.8 Å². The van der Waals surface area contributed by atoms with Crippen LogP contribution in [-0.4, -0.2) is 50.0 Å². The molecule has 1 aromatic heterocycles. The van der Waals surface area contributed by atoms with E-state index in [-0.39, 0.29) is 28.8 Å². The van der Waals surface area contributed by atoms with Crippen LogP contribution in [0.3, 0.4) is 0 Å². The molecule has 2 unspecified atom stereocenters. The molecular weight excluding hydrogens is 330 g/mol. The summed E-state index contributed by atoms with van der Waals surface area (Å²) in [6.45, 7) is 2.05. The zero-order chi connectivity index (χ0) is 16.5. The van der Waals surface area contributed by atoms with Gasteiger partial charge in [-0.1, -0.05) is 6.92 Å². The molecular formula is C13H17NO6S2. The third-order valence-corrected chi connectivity index (χ3v) is 6.44. The van der Waals surface area contributed by atoms with Gasteiger partial charge in [-0.25, -0.2) is 13.2 Å². The summed E-state index contributed by atoms with van der Waals surface area (Å²) in [5.74, 6) is -2.34. The highest BCUT2D eigenvalue weighted by molar-refractivity contribution is 7.89. The number of sulfonamides is 1. The Hall–Kier alpha value is -1.45. The third-order valence-electron chi connectivity index (χ3n) is 3.58. The molecule has 1 aromatic rings. The number of ether oxygens (including phenoxy) is 1. The Kier molecular flexibility index (Phi) is 4.88. The van der Waals surface area contributed by atoms with Crippen LogP contribution in [0.4, 0.5) is 0 Å². The summed E-state index contributed by atoms with van der Waals surface area (Å²) in [5.41, 5.74) is 0. The second kappa shape index (κ2) is 6.35. The monoisotopic (exact) mass is 347 g/mol. The fourth-order valence-corrected chi connectivity index (χ4v) is 5.27. The Bertz CT molecular complexity index is 680. The van der Waals surface area contributed by atoms with Crippen LogP contribution in [0.25, 0.3) is 0 Å². The van der Waals surface area contributed by atoms with Gasteiger partial charge in [-0.15, -0.1) is 11.3 Å². The Balaban J connectivity index is 2.27. The molecule has 22 heavy (non-hydrogen) atoms. The zero-order valence-electron chi connectivity index (χ0n) is 12.2. The van der Waals surface area contributed by atoms with Crippen molar-refractivity contribution in [2.45, 2.75) is 18.2 Å². The standard InChI is InChI=1S/C13H17NO6S2/c1-8-3-9(12(15)16)6-14(5-8)22(18,19)10-4-11(21-7-10)13(17)20-2/h4,7-9H,3,5-6H2,1-2H3,(H,15,16). The smallest absolute Gasteiger partial charge is 0.348 e. The van der Waals surface area contributed by atoms with Gasteiger partial charge in [0, 0.05) is 18.5 Å². The van der Waals surface area contributed by atoms with E-state index in [4.69, 9.17) is 5.11 Å². The SMILES string of the molecule is COC(=O)c1cc(S(=O)(=O)N2CC(C)CC(C(=O)O)C2)cs1. The lowest BCUT2D eigenvalue weighted by molar-refractivity contribution is -0.143. The summed E-state index contributed by atoms with van der Waals surface area (Å²) >= 11 is 0.984. The van der Waals surface area contributed by atoms with E-state index < -0.39 is 27.9 Å². The molecule has 7 nitrogen and oxygen atoms in total. The molecule has 1 aliphatic heterocycles. The second-order valence-corrected chi connectivity index (χ2v) is 8.19. The molecule has 0 saturated carbocycles. The van der Waals surface area contributed by atoms with Crippen molar-refractivity contribution >= 4 is 33.3 Å². The summed E-state index contributed by atoms with van der Waals surface area (Å²) in [6.07, 6.45) is 0.457. The summed E-state index contributed by atoms with van der Waals surface area (Å²) in [4.78, 5) is 22.8. The van der Waals surface area contributed by atoms with Crippen LogP contribution in [0.5, 0.6) is 0 Å². The summed E-state index contributed by atoms with van der Waals surface area (Å²) < 4.78 is 31.0. The van der Waals surface area contributed by atoms with E-state index >= 15 is 0 Å². The van der Waals surface area contributed by atoms with E-state index in [1.54, 1.807) is 0 Å². The van der Waals surface area contributed by atoms with E-state index in [1.807, 2.05) is 6.92 Å². The average molecular weight is 347 g/mol. The average Bonchev–Trinajstić information content (AvgIpc) is 2.96. The lowest BCUT2D eigenvalue weighted by atomic mass is 9.92. The first-order chi connectivity index (χ1) is 10.3. The normalized spacial score (nSPS) is 23.2. The van der Waals surface area contributed by atoms with Crippen LogP contribution in [0, 0.1) is 11.8 Å². The summed E-state index contributed by atoms with van der Waals surface area (Å²) in [6, 6.07) is 1.26. The summed E-state index contributed by atoms with van der Waals surface area (Å²) in [5, 5.41) is 10.5. The maximum Gasteiger partial charge on any atom is 0.348 e. The minimum atomic E-state index is -3.81. The van der Waals surface area contributed by atoms with Gasteiger partial charge < -0.3 is 9.84 Å². The third kappa shape index (κ3) is 3.31. The predicted molar refractivity (Wildman–Crippen MR) is 79.3 cm³/mol. The molecule has 2 heterocycles. The number of esters is 1. The molecule has 1 N–H and O–H groups in total. The Morgan fingerprint density at radius 1 is 1.41 bits per heavy atom. The minimum Gasteiger partial charge on any atom is -0.481 e. The van der Waals surface area contributed by atoms with Gasteiger partial charge in [0.05, 0.1) is 17.9 Å². The number of hydrogen-bond donors (Lipinski definition) is 1. The van der Waals surface area contributed by atoms with Crippen molar-refractivity contribution in [1.82, 2.24) is 4.31 Å². The number of carbonyl (C=O) groups is 2. The van der Waals surface area contributed by atoms with Crippen LogP contribution in [-0.2, 0) is 19.6 Å². The maximum absolute atomic E-state index is 12.6. The first-order valence-corrected chi connectivity index (χ1v) is 8.97. The van der Waals surface area contributed by atoms with Gasteiger partial charge in [0.1, 0.15) is 4.88 Å². The lowest BCUT2D eigenvalue weighted by Crippen LogP contribution is -2.45. The van der Waals surface area contributed by atoms with Crippen molar-refractivity contribution in [3.63, 3.8) is 0 Å². The molecule has 0 aromatic carbocycles. The molecule has 122 valence electrons. The molecule has 1 fully saturated rings. The number of rotatable bonds is 4. The number of nitrogens with zero attached hydrogens (tertiary/aromatic N) is 1. The van der Waals surface area contributed by atoms with Crippen LogP contribution in [0.1, 0.15) is 23.0 Å². The van der Waals surface area contributed by atoms with Crippen molar-refractivity contribution in [1.29, 1.82) is 0 Å².